The van der Waals surface area contributed by atoms with Gasteiger partial charge in [0.05, 0.1) is 23.0 Å². The maximum Gasteiger partial charge on any atom is 0.338 e. The second kappa shape index (κ2) is 11.9. The zero-order valence-electron chi connectivity index (χ0n) is 24.0. The molecule has 42 heavy (non-hydrogen) atoms. The number of fused-ring (bicyclic) bond motifs is 1. The minimum Gasteiger partial charge on any atom is -0.478 e. The van der Waals surface area contributed by atoms with Crippen LogP contribution in [-0.4, -0.2) is 73.5 Å². The fourth-order valence-electron chi connectivity index (χ4n) is 5.27. The number of hydrogen-bond acceptors (Lipinski definition) is 11. The van der Waals surface area contributed by atoms with Crippen LogP contribution in [0, 0.1) is 6.92 Å². The van der Waals surface area contributed by atoms with Crippen molar-refractivity contribution in [1.29, 1.82) is 0 Å². The van der Waals surface area contributed by atoms with Gasteiger partial charge in [-0.2, -0.15) is 4.98 Å². The molecule has 0 radical (unpaired) electrons. The Morgan fingerprint density at radius 2 is 1.69 bits per heavy atom. The fourth-order valence-corrected chi connectivity index (χ4v) is 5.27. The second-order valence-corrected chi connectivity index (χ2v) is 10.5. The number of Topliss-reactive ketones (excluding diaryl/α,β-unsaturated/α-hetero) is 1. The van der Waals surface area contributed by atoms with Crippen LogP contribution in [0.2, 0.25) is 0 Å². The average Bonchev–Trinajstić information content (AvgIpc) is 3.50. The molecule has 13 nitrogen and oxygen atoms in total. The number of nitrogens with one attached hydrogen (secondary N) is 1. The molecule has 1 aliphatic rings. The van der Waals surface area contributed by atoms with E-state index in [0.29, 0.717) is 47.4 Å². The van der Waals surface area contributed by atoms with Gasteiger partial charge >= 0.3 is 5.97 Å². The molecule has 1 fully saturated rings. The standard InChI is InChI=1S/C29H33N9O4/c1-17-22-16-31-28(35-25(22)38(20-7-5-6-8-20)26(40)24(17)18(2)39)34-23-10-9-21(15-30-23)36(3)11-12-37(4)29-32-13-19(14-33-29)27(41)42/h9-10,13-16,20H,5-8,11-12H2,1-4H3,(H,41,42)(H,30,31,34,35). The van der Waals surface area contributed by atoms with Crippen LogP contribution in [0.1, 0.15) is 64.9 Å². The molecule has 0 unspecified atom stereocenters. The van der Waals surface area contributed by atoms with Gasteiger partial charge < -0.3 is 20.2 Å². The van der Waals surface area contributed by atoms with Crippen molar-refractivity contribution in [3.8, 4) is 0 Å². The molecule has 218 valence electrons. The van der Waals surface area contributed by atoms with Crippen LogP contribution in [0.3, 0.4) is 0 Å². The SMILES string of the molecule is CC(=O)c1c(C)c2cnc(Nc3ccc(N(C)CCN(C)c4ncc(C(=O)O)cn4)cn3)nc2n(C2CCCC2)c1=O. The lowest BCUT2D eigenvalue weighted by molar-refractivity contribution is 0.0695. The van der Waals surface area contributed by atoms with Crippen molar-refractivity contribution in [2.45, 2.75) is 45.6 Å². The molecule has 0 spiro atoms. The Bertz CT molecular complexity index is 1680. The van der Waals surface area contributed by atoms with Crippen molar-refractivity contribution >= 4 is 46.2 Å². The van der Waals surface area contributed by atoms with E-state index in [1.165, 1.54) is 19.3 Å². The first-order valence-electron chi connectivity index (χ1n) is 13.8. The van der Waals surface area contributed by atoms with E-state index in [1.807, 2.05) is 36.0 Å². The number of carboxylic acids is 1. The lowest BCUT2D eigenvalue weighted by Crippen LogP contribution is -2.31. The zero-order valence-corrected chi connectivity index (χ0v) is 24.0. The van der Waals surface area contributed by atoms with Crippen LogP contribution in [0.25, 0.3) is 11.0 Å². The maximum absolute atomic E-state index is 13.4. The molecule has 2 N–H and O–H groups in total. The smallest absolute Gasteiger partial charge is 0.338 e. The third kappa shape index (κ3) is 5.76. The summed E-state index contributed by atoms with van der Waals surface area (Å²) in [6.07, 6.45) is 9.79. The van der Waals surface area contributed by atoms with Gasteiger partial charge in [-0.25, -0.2) is 24.7 Å². The Morgan fingerprint density at radius 1 is 1.00 bits per heavy atom. The number of anilines is 4. The molecule has 5 rings (SSSR count). The van der Waals surface area contributed by atoms with Gasteiger partial charge in [0.25, 0.3) is 5.56 Å². The highest BCUT2D eigenvalue weighted by molar-refractivity contribution is 5.99. The molecule has 0 amide bonds. The Kier molecular flexibility index (Phi) is 8.09. The van der Waals surface area contributed by atoms with Gasteiger partial charge in [0.1, 0.15) is 11.5 Å². The van der Waals surface area contributed by atoms with Crippen molar-refractivity contribution in [1.82, 2.24) is 29.5 Å². The Balaban J connectivity index is 1.30. The largest absolute Gasteiger partial charge is 0.478 e. The summed E-state index contributed by atoms with van der Waals surface area (Å²) in [7, 11) is 3.78. The molecule has 4 aromatic rings. The van der Waals surface area contributed by atoms with Crippen LogP contribution in [-0.2, 0) is 0 Å². The van der Waals surface area contributed by atoms with Gasteiger partial charge in [-0.15, -0.1) is 0 Å². The summed E-state index contributed by atoms with van der Waals surface area (Å²) in [5.41, 5.74) is 1.97. The molecule has 4 heterocycles. The van der Waals surface area contributed by atoms with E-state index >= 15 is 0 Å². The lowest BCUT2D eigenvalue weighted by Gasteiger charge is -2.23. The molecular weight excluding hydrogens is 538 g/mol. The number of rotatable bonds is 10. The van der Waals surface area contributed by atoms with Gasteiger partial charge in [0.15, 0.2) is 5.78 Å². The molecular formula is C29H33N9O4. The summed E-state index contributed by atoms with van der Waals surface area (Å²) in [5, 5.41) is 12.8. The highest BCUT2D eigenvalue weighted by Crippen LogP contribution is 2.32. The molecule has 0 saturated heterocycles. The van der Waals surface area contributed by atoms with Gasteiger partial charge in [-0.05, 0) is 44.4 Å². The number of aryl methyl sites for hydroxylation is 1. The van der Waals surface area contributed by atoms with E-state index in [9.17, 15) is 14.4 Å². The highest BCUT2D eigenvalue weighted by atomic mass is 16.4. The number of pyridine rings is 2. The quantitative estimate of drug-likeness (QED) is 0.267. The third-order valence-electron chi connectivity index (χ3n) is 7.68. The summed E-state index contributed by atoms with van der Waals surface area (Å²) in [5.74, 6) is -0.0242. The number of carboxylic acid groups (broad SMARTS) is 1. The number of carbonyl (C=O) groups excluding carboxylic acids is 1. The molecule has 1 saturated carbocycles. The van der Waals surface area contributed by atoms with Crippen molar-refractivity contribution in [3.05, 3.63) is 64.0 Å². The first-order valence-corrected chi connectivity index (χ1v) is 13.8. The maximum atomic E-state index is 13.4. The van der Waals surface area contributed by atoms with Crippen molar-refractivity contribution in [3.63, 3.8) is 0 Å². The number of likely N-dealkylation sites (N-methyl/N-ethyl adjacent to an activating group) is 2. The van der Waals surface area contributed by atoms with Gasteiger partial charge in [0, 0.05) is 57.2 Å². The van der Waals surface area contributed by atoms with Crippen LogP contribution in [0.4, 0.5) is 23.4 Å². The third-order valence-corrected chi connectivity index (χ3v) is 7.68. The van der Waals surface area contributed by atoms with Gasteiger partial charge in [-0.3, -0.25) is 14.2 Å². The normalized spacial score (nSPS) is 13.3. The van der Waals surface area contributed by atoms with Crippen molar-refractivity contribution in [2.75, 3.05) is 42.3 Å². The summed E-state index contributed by atoms with van der Waals surface area (Å²) >= 11 is 0. The molecule has 13 heteroatoms. The predicted octanol–water partition coefficient (Wildman–Crippen LogP) is 3.62. The van der Waals surface area contributed by atoms with E-state index in [4.69, 9.17) is 10.1 Å². The molecule has 0 aromatic carbocycles. The number of aromatic nitrogens is 6. The number of nitrogens with zero attached hydrogens (tertiary/aromatic N) is 8. The first kappa shape index (κ1) is 28.6. The van der Waals surface area contributed by atoms with Gasteiger partial charge in [-0.1, -0.05) is 12.8 Å². The average molecular weight is 572 g/mol. The Hall–Kier alpha value is -4.94. The molecule has 0 atom stereocenters. The molecule has 1 aliphatic carbocycles. The number of aromatic carboxylic acids is 1. The summed E-state index contributed by atoms with van der Waals surface area (Å²) < 4.78 is 1.69. The Morgan fingerprint density at radius 3 is 2.31 bits per heavy atom. The monoisotopic (exact) mass is 571 g/mol. The van der Waals surface area contributed by atoms with E-state index in [0.717, 1.165) is 31.4 Å². The van der Waals surface area contributed by atoms with Crippen LogP contribution in [0.5, 0.6) is 0 Å². The van der Waals surface area contributed by atoms with Crippen molar-refractivity contribution in [2.24, 2.45) is 0 Å². The topological polar surface area (TPSA) is 159 Å². The van der Waals surface area contributed by atoms with Crippen LogP contribution in [0.15, 0.2) is 41.7 Å². The van der Waals surface area contributed by atoms with E-state index in [1.54, 1.807) is 23.9 Å². The molecule has 0 bridgehead atoms. The number of ketones is 1. The minimum absolute atomic E-state index is 0.00380. The van der Waals surface area contributed by atoms with Crippen molar-refractivity contribution < 1.29 is 14.7 Å². The van der Waals surface area contributed by atoms with E-state index in [2.05, 4.69) is 25.3 Å². The van der Waals surface area contributed by atoms with Crippen LogP contribution < -0.4 is 20.7 Å². The minimum atomic E-state index is -1.07. The first-order chi connectivity index (χ1) is 20.1. The summed E-state index contributed by atoms with van der Waals surface area (Å²) in [4.78, 5) is 62.6. The van der Waals surface area contributed by atoms with E-state index in [-0.39, 0.29) is 28.5 Å². The second-order valence-electron chi connectivity index (χ2n) is 10.5. The predicted molar refractivity (Wildman–Crippen MR) is 159 cm³/mol. The van der Waals surface area contributed by atoms with E-state index < -0.39 is 5.97 Å². The highest BCUT2D eigenvalue weighted by Gasteiger charge is 2.26. The summed E-state index contributed by atoms with van der Waals surface area (Å²) in [6, 6.07) is 3.75. The lowest BCUT2D eigenvalue weighted by atomic mass is 10.0. The Labute approximate surface area is 242 Å². The molecule has 4 aromatic heterocycles. The summed E-state index contributed by atoms with van der Waals surface area (Å²) in [6.45, 7) is 4.43. The number of carbonyl (C=O) groups is 2. The number of hydrogen-bond donors (Lipinski definition) is 2. The molecule has 0 aliphatic heterocycles. The zero-order chi connectivity index (χ0) is 30.0. The van der Waals surface area contributed by atoms with Crippen LogP contribution >= 0.6 is 0 Å². The fraction of sp³-hybridized carbons (Fsp3) is 0.379. The van der Waals surface area contributed by atoms with Gasteiger partial charge in [0.2, 0.25) is 11.9 Å².